The number of aromatic nitrogens is 3. The molecule has 8 heteroatoms. The van der Waals surface area contributed by atoms with Crippen LogP contribution in [0, 0.1) is 0 Å². The first-order chi connectivity index (χ1) is 10.6. The van der Waals surface area contributed by atoms with Crippen molar-refractivity contribution in [2.45, 2.75) is 13.3 Å². The van der Waals surface area contributed by atoms with Crippen LogP contribution in [-0.2, 0) is 9.53 Å². The Morgan fingerprint density at radius 2 is 2.14 bits per heavy atom. The molecule has 0 aliphatic heterocycles. The number of nitrogens with zero attached hydrogens (tertiary/aromatic N) is 2. The summed E-state index contributed by atoms with van der Waals surface area (Å²) in [5, 5.41) is 10.00. The van der Waals surface area contributed by atoms with E-state index in [2.05, 4.69) is 15.4 Å². The van der Waals surface area contributed by atoms with Gasteiger partial charge in [0.25, 0.3) is 5.91 Å². The van der Waals surface area contributed by atoms with E-state index in [1.165, 1.54) is 0 Å². The minimum atomic E-state index is -0.669. The van der Waals surface area contributed by atoms with Crippen molar-refractivity contribution < 1.29 is 19.1 Å². The Bertz CT molecular complexity index is 668. The summed E-state index contributed by atoms with van der Waals surface area (Å²) in [6.07, 6.45) is 0.161. The topological polar surface area (TPSA) is 120 Å². The normalized spacial score (nSPS) is 10.2. The van der Waals surface area contributed by atoms with Gasteiger partial charge in [0, 0.05) is 5.56 Å². The Morgan fingerprint density at radius 1 is 1.32 bits per heavy atom. The number of H-pyrrole nitrogens is 1. The van der Waals surface area contributed by atoms with Crippen molar-refractivity contribution in [3.63, 3.8) is 0 Å². The van der Waals surface area contributed by atoms with Crippen LogP contribution in [0.2, 0.25) is 0 Å². The monoisotopic (exact) mass is 304 g/mol. The Labute approximate surface area is 126 Å². The Morgan fingerprint density at radius 3 is 2.86 bits per heavy atom. The van der Waals surface area contributed by atoms with Crippen LogP contribution in [0.1, 0.15) is 23.8 Å². The van der Waals surface area contributed by atoms with Gasteiger partial charge in [-0.3, -0.25) is 9.59 Å². The molecule has 0 spiro atoms. The van der Waals surface area contributed by atoms with Crippen LogP contribution < -0.4 is 10.5 Å². The molecule has 1 aromatic carbocycles. The lowest BCUT2D eigenvalue weighted by atomic mass is 10.1. The van der Waals surface area contributed by atoms with E-state index < -0.39 is 5.91 Å². The molecule has 2 aromatic rings. The van der Waals surface area contributed by atoms with E-state index in [4.69, 9.17) is 15.2 Å². The van der Waals surface area contributed by atoms with Gasteiger partial charge in [-0.1, -0.05) is 12.1 Å². The summed E-state index contributed by atoms with van der Waals surface area (Å²) in [7, 11) is 0. The molecule has 0 saturated heterocycles. The van der Waals surface area contributed by atoms with Crippen molar-refractivity contribution in [1.29, 1.82) is 0 Å². The molecule has 3 N–H and O–H groups in total. The van der Waals surface area contributed by atoms with Gasteiger partial charge in [0.15, 0.2) is 5.69 Å². The summed E-state index contributed by atoms with van der Waals surface area (Å²) in [5.41, 5.74) is 6.28. The number of benzene rings is 1. The minimum absolute atomic E-state index is 0.0590. The molecular weight excluding hydrogens is 288 g/mol. The van der Waals surface area contributed by atoms with E-state index in [1.54, 1.807) is 31.2 Å². The third-order valence-corrected chi connectivity index (χ3v) is 2.77. The lowest BCUT2D eigenvalue weighted by molar-refractivity contribution is -0.143. The standard InChI is InChI=1S/C14H16N4O4/c1-2-21-11(19)6-7-22-10-5-3-4-9(8-10)12-13(14(15)20)17-18-16-12/h3-5,8H,2,6-7H2,1H3,(H2,15,20)(H,16,17,18). The van der Waals surface area contributed by atoms with E-state index in [-0.39, 0.29) is 24.7 Å². The predicted molar refractivity (Wildman–Crippen MR) is 77.1 cm³/mol. The van der Waals surface area contributed by atoms with Crippen LogP contribution in [-0.4, -0.2) is 40.5 Å². The number of hydrogen-bond donors (Lipinski definition) is 2. The maximum absolute atomic E-state index is 11.3. The van der Waals surface area contributed by atoms with E-state index in [0.29, 0.717) is 23.6 Å². The molecule has 22 heavy (non-hydrogen) atoms. The number of primary amides is 1. The van der Waals surface area contributed by atoms with Gasteiger partial charge in [-0.2, -0.15) is 15.4 Å². The third-order valence-electron chi connectivity index (χ3n) is 2.77. The van der Waals surface area contributed by atoms with Gasteiger partial charge in [0.05, 0.1) is 19.6 Å². The zero-order valence-electron chi connectivity index (χ0n) is 12.0. The fourth-order valence-corrected chi connectivity index (χ4v) is 1.82. The average Bonchev–Trinajstić information content (AvgIpc) is 2.97. The number of carbonyl (C=O) groups is 2. The second kappa shape index (κ2) is 7.21. The molecular formula is C14H16N4O4. The Hall–Kier alpha value is -2.90. The molecule has 1 heterocycles. The van der Waals surface area contributed by atoms with Crippen LogP contribution in [0.4, 0.5) is 0 Å². The van der Waals surface area contributed by atoms with Crippen LogP contribution in [0.15, 0.2) is 24.3 Å². The van der Waals surface area contributed by atoms with Gasteiger partial charge in [-0.05, 0) is 19.1 Å². The molecule has 0 radical (unpaired) electrons. The van der Waals surface area contributed by atoms with Crippen molar-refractivity contribution >= 4 is 11.9 Å². The fraction of sp³-hybridized carbons (Fsp3) is 0.286. The van der Waals surface area contributed by atoms with Gasteiger partial charge in [-0.25, -0.2) is 0 Å². The van der Waals surface area contributed by atoms with Crippen LogP contribution in [0.25, 0.3) is 11.3 Å². The highest BCUT2D eigenvalue weighted by atomic mass is 16.5. The van der Waals surface area contributed by atoms with Gasteiger partial charge in [-0.15, -0.1) is 0 Å². The van der Waals surface area contributed by atoms with Gasteiger partial charge in [0.1, 0.15) is 11.4 Å². The van der Waals surface area contributed by atoms with E-state index in [1.807, 2.05) is 0 Å². The van der Waals surface area contributed by atoms with E-state index >= 15 is 0 Å². The van der Waals surface area contributed by atoms with Crippen molar-refractivity contribution in [2.75, 3.05) is 13.2 Å². The second-order valence-corrected chi connectivity index (χ2v) is 4.32. The summed E-state index contributed by atoms with van der Waals surface area (Å²) >= 11 is 0. The van der Waals surface area contributed by atoms with Gasteiger partial charge < -0.3 is 15.2 Å². The highest BCUT2D eigenvalue weighted by Crippen LogP contribution is 2.24. The number of hydrogen-bond acceptors (Lipinski definition) is 6. The smallest absolute Gasteiger partial charge is 0.309 e. The Balaban J connectivity index is 2.05. The Kier molecular flexibility index (Phi) is 5.07. The maximum atomic E-state index is 11.3. The first kappa shape index (κ1) is 15.5. The number of esters is 1. The molecule has 0 saturated carbocycles. The van der Waals surface area contributed by atoms with Crippen LogP contribution >= 0.6 is 0 Å². The van der Waals surface area contributed by atoms with E-state index in [0.717, 1.165) is 0 Å². The lowest BCUT2D eigenvalue weighted by Crippen LogP contribution is -2.12. The van der Waals surface area contributed by atoms with Crippen molar-refractivity contribution in [2.24, 2.45) is 5.73 Å². The molecule has 1 aromatic heterocycles. The summed E-state index contributed by atoms with van der Waals surface area (Å²) in [5.74, 6) is -0.441. The highest BCUT2D eigenvalue weighted by Gasteiger charge is 2.15. The van der Waals surface area contributed by atoms with Gasteiger partial charge in [0.2, 0.25) is 0 Å². The third kappa shape index (κ3) is 3.81. The number of rotatable bonds is 7. The molecule has 1 amide bonds. The minimum Gasteiger partial charge on any atom is -0.493 e. The molecule has 0 bridgehead atoms. The summed E-state index contributed by atoms with van der Waals surface area (Å²) in [6, 6.07) is 6.92. The molecule has 116 valence electrons. The summed E-state index contributed by atoms with van der Waals surface area (Å²) in [6.45, 7) is 2.29. The molecule has 0 unspecified atom stereocenters. The zero-order chi connectivity index (χ0) is 15.9. The molecule has 0 fully saturated rings. The SMILES string of the molecule is CCOC(=O)CCOc1cccc(-c2n[nH]nc2C(N)=O)c1. The number of ether oxygens (including phenoxy) is 2. The average molecular weight is 304 g/mol. The fourth-order valence-electron chi connectivity index (χ4n) is 1.82. The van der Waals surface area contributed by atoms with Crippen molar-refractivity contribution in [1.82, 2.24) is 15.4 Å². The number of nitrogens with two attached hydrogens (primary N) is 1. The number of carbonyl (C=O) groups excluding carboxylic acids is 2. The molecule has 0 aliphatic rings. The lowest BCUT2D eigenvalue weighted by Gasteiger charge is -2.07. The maximum Gasteiger partial charge on any atom is 0.309 e. The number of amides is 1. The van der Waals surface area contributed by atoms with E-state index in [9.17, 15) is 9.59 Å². The highest BCUT2D eigenvalue weighted by molar-refractivity contribution is 5.96. The van der Waals surface area contributed by atoms with Crippen molar-refractivity contribution in [3.05, 3.63) is 30.0 Å². The zero-order valence-corrected chi connectivity index (χ0v) is 12.0. The quantitative estimate of drug-likeness (QED) is 0.733. The molecule has 2 rings (SSSR count). The summed E-state index contributed by atoms with van der Waals surface area (Å²) < 4.78 is 10.3. The molecule has 0 aliphatic carbocycles. The largest absolute Gasteiger partial charge is 0.493 e. The first-order valence-electron chi connectivity index (χ1n) is 6.71. The molecule has 8 nitrogen and oxygen atoms in total. The first-order valence-corrected chi connectivity index (χ1v) is 6.71. The van der Waals surface area contributed by atoms with Crippen LogP contribution in [0.5, 0.6) is 5.75 Å². The summed E-state index contributed by atoms with van der Waals surface area (Å²) in [4.78, 5) is 22.5. The molecule has 0 atom stereocenters. The number of aromatic amines is 1. The van der Waals surface area contributed by atoms with Crippen molar-refractivity contribution in [3.8, 4) is 17.0 Å². The van der Waals surface area contributed by atoms with Crippen LogP contribution in [0.3, 0.4) is 0 Å². The van der Waals surface area contributed by atoms with Gasteiger partial charge >= 0.3 is 5.97 Å². The second-order valence-electron chi connectivity index (χ2n) is 4.32. The predicted octanol–water partition coefficient (Wildman–Crippen LogP) is 0.903. The number of nitrogens with one attached hydrogen (secondary N) is 1.